The van der Waals surface area contributed by atoms with Gasteiger partial charge in [0.25, 0.3) is 5.91 Å². The Bertz CT molecular complexity index is 724. The molecule has 0 aromatic carbocycles. The molecule has 0 radical (unpaired) electrons. The van der Waals surface area contributed by atoms with Crippen LogP contribution in [0, 0.1) is 0 Å². The van der Waals surface area contributed by atoms with Crippen LogP contribution >= 0.6 is 11.8 Å². The normalized spacial score (nSPS) is 16.9. The summed E-state index contributed by atoms with van der Waals surface area (Å²) in [5.74, 6) is 2.38. The fourth-order valence-electron chi connectivity index (χ4n) is 2.73. The van der Waals surface area contributed by atoms with Crippen molar-refractivity contribution < 1.29 is 18.7 Å². The number of amides is 1. The molecule has 1 fully saturated rings. The van der Waals surface area contributed by atoms with E-state index in [0.717, 1.165) is 36.2 Å². The Morgan fingerprint density at radius 3 is 3.12 bits per heavy atom. The zero-order valence-corrected chi connectivity index (χ0v) is 15.9. The fraction of sp³-hybridized carbons (Fsp3) is 0.588. The molecule has 1 atom stereocenters. The van der Waals surface area contributed by atoms with Crippen LogP contribution in [0.2, 0.25) is 0 Å². The molecule has 0 unspecified atom stereocenters. The Hall–Kier alpha value is -1.84. The van der Waals surface area contributed by atoms with Gasteiger partial charge in [-0.05, 0) is 25.0 Å². The number of carbonyl (C=O) groups excluding carboxylic acids is 1. The maximum absolute atomic E-state index is 12.1. The number of carbonyl (C=O) groups is 1. The number of aromatic nitrogens is 3. The van der Waals surface area contributed by atoms with Crippen molar-refractivity contribution in [2.45, 2.75) is 37.1 Å². The number of methoxy groups -OCH3 is 1. The van der Waals surface area contributed by atoms with Crippen molar-refractivity contribution in [1.82, 2.24) is 20.1 Å². The highest BCUT2D eigenvalue weighted by Gasteiger charge is 2.18. The Kier molecular flexibility index (Phi) is 6.70. The van der Waals surface area contributed by atoms with Crippen LogP contribution in [-0.2, 0) is 29.5 Å². The van der Waals surface area contributed by atoms with Gasteiger partial charge in [-0.15, -0.1) is 10.2 Å². The van der Waals surface area contributed by atoms with Gasteiger partial charge in [0.2, 0.25) is 0 Å². The van der Waals surface area contributed by atoms with Gasteiger partial charge in [0.05, 0.1) is 6.10 Å². The predicted molar refractivity (Wildman–Crippen MR) is 96.2 cm³/mol. The van der Waals surface area contributed by atoms with E-state index in [1.807, 2.05) is 11.6 Å². The summed E-state index contributed by atoms with van der Waals surface area (Å²) in [6.45, 7) is 1.66. The molecule has 2 aromatic rings. The van der Waals surface area contributed by atoms with E-state index in [2.05, 4.69) is 15.5 Å². The van der Waals surface area contributed by atoms with Gasteiger partial charge in [-0.3, -0.25) is 4.79 Å². The lowest BCUT2D eigenvalue weighted by Crippen LogP contribution is -2.26. The minimum absolute atomic E-state index is 0.248. The average molecular weight is 380 g/mol. The molecule has 3 heterocycles. The van der Waals surface area contributed by atoms with Gasteiger partial charge in [0, 0.05) is 39.5 Å². The Balaban J connectivity index is 1.44. The number of ether oxygens (including phenoxy) is 2. The van der Waals surface area contributed by atoms with Crippen LogP contribution < -0.4 is 5.32 Å². The van der Waals surface area contributed by atoms with Crippen LogP contribution in [0.15, 0.2) is 21.7 Å². The smallest absolute Gasteiger partial charge is 0.287 e. The number of furan rings is 1. The summed E-state index contributed by atoms with van der Waals surface area (Å²) >= 11 is 1.66. The van der Waals surface area contributed by atoms with Crippen molar-refractivity contribution in [2.75, 3.05) is 26.0 Å². The van der Waals surface area contributed by atoms with Crippen molar-refractivity contribution in [1.29, 1.82) is 0 Å². The number of hydrogen-bond acceptors (Lipinski definition) is 7. The molecule has 3 rings (SSSR count). The van der Waals surface area contributed by atoms with Crippen LogP contribution in [0.25, 0.3) is 0 Å². The minimum atomic E-state index is -0.248. The molecule has 1 amide bonds. The molecule has 1 saturated heterocycles. The van der Waals surface area contributed by atoms with E-state index in [1.54, 1.807) is 31.0 Å². The van der Waals surface area contributed by atoms with E-state index in [1.165, 1.54) is 0 Å². The molecular formula is C17H24N4O4S. The zero-order chi connectivity index (χ0) is 18.4. The first-order valence-corrected chi connectivity index (χ1v) is 9.64. The van der Waals surface area contributed by atoms with E-state index < -0.39 is 0 Å². The third-order valence-corrected chi connectivity index (χ3v) is 5.31. The number of rotatable bonds is 9. The largest absolute Gasteiger partial charge is 0.453 e. The molecule has 26 heavy (non-hydrogen) atoms. The fourth-order valence-corrected chi connectivity index (χ4v) is 3.72. The maximum atomic E-state index is 12.1. The summed E-state index contributed by atoms with van der Waals surface area (Å²) in [4.78, 5) is 12.1. The molecule has 1 N–H and O–H groups in total. The van der Waals surface area contributed by atoms with E-state index in [-0.39, 0.29) is 11.7 Å². The monoisotopic (exact) mass is 380 g/mol. The van der Waals surface area contributed by atoms with Crippen LogP contribution in [0.1, 0.15) is 35.0 Å². The highest BCUT2D eigenvalue weighted by molar-refractivity contribution is 7.99. The Labute approximate surface area is 156 Å². The van der Waals surface area contributed by atoms with Crippen molar-refractivity contribution in [3.63, 3.8) is 0 Å². The second-order valence-corrected chi connectivity index (χ2v) is 7.10. The van der Waals surface area contributed by atoms with E-state index in [0.29, 0.717) is 31.4 Å². The van der Waals surface area contributed by atoms with E-state index >= 15 is 0 Å². The van der Waals surface area contributed by atoms with Gasteiger partial charge >= 0.3 is 0 Å². The molecule has 8 nitrogen and oxygen atoms in total. The quantitative estimate of drug-likeness (QED) is 0.663. The molecule has 0 spiro atoms. The average Bonchev–Trinajstić information content (AvgIpc) is 3.36. The third kappa shape index (κ3) is 4.87. The lowest BCUT2D eigenvalue weighted by Gasteiger charge is -2.08. The summed E-state index contributed by atoms with van der Waals surface area (Å²) in [5.41, 5.74) is 0. The summed E-state index contributed by atoms with van der Waals surface area (Å²) in [6.07, 6.45) is 3.16. The molecule has 1 aliphatic rings. The van der Waals surface area contributed by atoms with Gasteiger partial charge < -0.3 is 23.8 Å². The zero-order valence-electron chi connectivity index (χ0n) is 15.1. The van der Waals surface area contributed by atoms with Crippen LogP contribution in [0.4, 0.5) is 0 Å². The molecule has 142 valence electrons. The highest BCUT2D eigenvalue weighted by atomic mass is 32.2. The summed E-state index contributed by atoms with van der Waals surface area (Å²) in [6, 6.07) is 3.38. The Morgan fingerprint density at radius 1 is 1.46 bits per heavy atom. The summed E-state index contributed by atoms with van der Waals surface area (Å²) in [7, 11) is 3.52. The number of nitrogens with one attached hydrogen (secondary N) is 1. The van der Waals surface area contributed by atoms with Gasteiger partial charge in [-0.2, -0.15) is 0 Å². The first-order valence-electron chi connectivity index (χ1n) is 8.66. The first kappa shape index (κ1) is 18.9. The number of hydrogen-bond donors (Lipinski definition) is 1. The predicted octanol–water partition coefficient (Wildman–Crippen LogP) is 1.80. The maximum Gasteiger partial charge on any atom is 0.287 e. The van der Waals surface area contributed by atoms with E-state index in [4.69, 9.17) is 13.9 Å². The molecule has 0 saturated carbocycles. The van der Waals surface area contributed by atoms with Gasteiger partial charge in [0.1, 0.15) is 18.2 Å². The lowest BCUT2D eigenvalue weighted by molar-refractivity contribution is 0.0917. The van der Waals surface area contributed by atoms with Crippen molar-refractivity contribution >= 4 is 17.7 Å². The molecule has 9 heteroatoms. The standard InChI is InChI=1S/C17H24N4O4S/c1-21-15(19-20-17(21)26-11-13-4-3-9-24-13)7-8-18-16(22)14-6-5-12(25-14)10-23-2/h5-6,13H,3-4,7-11H2,1-2H3,(H,18,22)/t13-/m1/s1. The summed E-state index contributed by atoms with van der Waals surface area (Å²) < 4.78 is 18.0. The first-order chi connectivity index (χ1) is 12.7. The van der Waals surface area contributed by atoms with Crippen LogP contribution in [-0.4, -0.2) is 52.8 Å². The van der Waals surface area contributed by atoms with Gasteiger partial charge in [-0.1, -0.05) is 11.8 Å². The Morgan fingerprint density at radius 2 is 2.35 bits per heavy atom. The number of nitrogens with zero attached hydrogens (tertiary/aromatic N) is 3. The van der Waals surface area contributed by atoms with Crippen molar-refractivity contribution in [3.8, 4) is 0 Å². The highest BCUT2D eigenvalue weighted by Crippen LogP contribution is 2.22. The minimum Gasteiger partial charge on any atom is -0.453 e. The molecule has 2 aromatic heterocycles. The number of thioether (sulfide) groups is 1. The van der Waals surface area contributed by atoms with Crippen molar-refractivity contribution in [2.24, 2.45) is 7.05 Å². The van der Waals surface area contributed by atoms with Gasteiger partial charge in [-0.25, -0.2) is 0 Å². The molecule has 1 aliphatic heterocycles. The summed E-state index contributed by atoms with van der Waals surface area (Å²) in [5, 5.41) is 12.2. The SMILES string of the molecule is COCc1ccc(C(=O)NCCc2nnc(SC[C@H]3CCCO3)n2C)o1. The van der Waals surface area contributed by atoms with E-state index in [9.17, 15) is 4.79 Å². The van der Waals surface area contributed by atoms with Crippen LogP contribution in [0.3, 0.4) is 0 Å². The van der Waals surface area contributed by atoms with Gasteiger partial charge in [0.15, 0.2) is 10.9 Å². The lowest BCUT2D eigenvalue weighted by atomic mass is 10.3. The van der Waals surface area contributed by atoms with Crippen molar-refractivity contribution in [3.05, 3.63) is 29.5 Å². The molecule has 0 aliphatic carbocycles. The third-order valence-electron chi connectivity index (χ3n) is 4.15. The second-order valence-electron chi connectivity index (χ2n) is 6.11. The van der Waals surface area contributed by atoms with Crippen LogP contribution in [0.5, 0.6) is 0 Å². The second kappa shape index (κ2) is 9.20. The topological polar surface area (TPSA) is 91.4 Å². The molecular weight excluding hydrogens is 356 g/mol. The molecule has 0 bridgehead atoms.